The molecule has 0 aromatic rings. The summed E-state index contributed by atoms with van der Waals surface area (Å²) in [5, 5.41) is 3.53. The predicted octanol–water partition coefficient (Wildman–Crippen LogP) is 0.714. The van der Waals surface area contributed by atoms with Crippen LogP contribution in [0.4, 0.5) is 0 Å². The Balaban J connectivity index is 2.45. The zero-order chi connectivity index (χ0) is 12.0. The highest BCUT2D eigenvalue weighted by molar-refractivity contribution is 5.79. The number of hydrogen-bond acceptors (Lipinski definition) is 3. The highest BCUT2D eigenvalue weighted by Gasteiger charge is 2.27. The average Bonchev–Trinajstić information content (AvgIpc) is 2.27. The summed E-state index contributed by atoms with van der Waals surface area (Å²) in [6.45, 7) is 7.23. The molecule has 0 spiro atoms. The van der Waals surface area contributed by atoms with Crippen LogP contribution in [0.15, 0.2) is 0 Å². The summed E-state index contributed by atoms with van der Waals surface area (Å²) in [6.07, 6.45) is 4.34. The molecule has 1 heterocycles. The molecule has 1 aliphatic heterocycles. The van der Waals surface area contributed by atoms with Gasteiger partial charge in [0, 0.05) is 12.6 Å². The fourth-order valence-corrected chi connectivity index (χ4v) is 2.44. The molecule has 1 fully saturated rings. The molecule has 0 bridgehead atoms. The van der Waals surface area contributed by atoms with Crippen LogP contribution in [0.1, 0.15) is 39.5 Å². The van der Waals surface area contributed by atoms with Crippen molar-refractivity contribution in [2.45, 2.75) is 51.6 Å². The van der Waals surface area contributed by atoms with Gasteiger partial charge in [0.1, 0.15) is 0 Å². The number of likely N-dealkylation sites (tertiary alicyclic amines) is 1. The largest absolute Gasteiger partial charge is 0.368 e. The van der Waals surface area contributed by atoms with Gasteiger partial charge in [-0.3, -0.25) is 9.69 Å². The molecule has 2 atom stereocenters. The van der Waals surface area contributed by atoms with Gasteiger partial charge in [-0.1, -0.05) is 13.8 Å². The van der Waals surface area contributed by atoms with Crippen molar-refractivity contribution in [3.8, 4) is 0 Å². The van der Waals surface area contributed by atoms with Crippen LogP contribution in [0.2, 0.25) is 0 Å². The number of nitrogens with zero attached hydrogens (tertiary/aromatic N) is 1. The fourth-order valence-electron chi connectivity index (χ4n) is 2.44. The second kappa shape index (κ2) is 6.86. The Morgan fingerprint density at radius 1 is 1.56 bits per heavy atom. The zero-order valence-electron chi connectivity index (χ0n) is 10.5. The normalized spacial score (nSPS) is 24.2. The van der Waals surface area contributed by atoms with Crippen LogP contribution < -0.4 is 11.1 Å². The van der Waals surface area contributed by atoms with Gasteiger partial charge in [-0.2, -0.15) is 0 Å². The van der Waals surface area contributed by atoms with E-state index >= 15 is 0 Å². The summed E-state index contributed by atoms with van der Waals surface area (Å²) < 4.78 is 0. The van der Waals surface area contributed by atoms with Crippen LogP contribution in [0.5, 0.6) is 0 Å². The number of hydrogen-bond donors (Lipinski definition) is 2. The Bertz CT molecular complexity index is 220. The lowest BCUT2D eigenvalue weighted by molar-refractivity contribution is -0.123. The molecule has 4 nitrogen and oxygen atoms in total. The predicted molar refractivity (Wildman–Crippen MR) is 66.2 cm³/mol. The third-order valence-electron chi connectivity index (χ3n) is 3.29. The average molecular weight is 227 g/mol. The van der Waals surface area contributed by atoms with Crippen molar-refractivity contribution < 1.29 is 4.79 Å². The molecule has 1 saturated heterocycles. The lowest BCUT2D eigenvalue weighted by Gasteiger charge is -2.37. The van der Waals surface area contributed by atoms with E-state index in [1.54, 1.807) is 0 Å². The number of nitrogens with one attached hydrogen (secondary N) is 1. The highest BCUT2D eigenvalue weighted by atomic mass is 16.1. The molecule has 2 unspecified atom stereocenters. The first-order chi connectivity index (χ1) is 7.69. The topological polar surface area (TPSA) is 58.4 Å². The second-order valence-electron chi connectivity index (χ2n) is 4.61. The molecule has 16 heavy (non-hydrogen) atoms. The van der Waals surface area contributed by atoms with E-state index in [1.165, 1.54) is 6.42 Å². The first-order valence-corrected chi connectivity index (χ1v) is 6.45. The Labute approximate surface area is 98.6 Å². The van der Waals surface area contributed by atoms with Gasteiger partial charge in [-0.05, 0) is 38.8 Å². The van der Waals surface area contributed by atoms with Crippen LogP contribution >= 0.6 is 0 Å². The van der Waals surface area contributed by atoms with Crippen molar-refractivity contribution in [1.82, 2.24) is 10.2 Å². The third kappa shape index (κ3) is 3.76. The van der Waals surface area contributed by atoms with Gasteiger partial charge in [0.15, 0.2) is 0 Å². The molecule has 0 saturated carbocycles. The summed E-state index contributed by atoms with van der Waals surface area (Å²) in [7, 11) is 0. The first-order valence-electron chi connectivity index (χ1n) is 6.45. The summed E-state index contributed by atoms with van der Waals surface area (Å²) in [5.41, 5.74) is 5.42. The van der Waals surface area contributed by atoms with E-state index in [4.69, 9.17) is 5.73 Å². The van der Waals surface area contributed by atoms with Crippen LogP contribution in [-0.2, 0) is 4.79 Å². The monoisotopic (exact) mass is 227 g/mol. The first kappa shape index (κ1) is 13.5. The maximum absolute atomic E-state index is 11.3. The Morgan fingerprint density at radius 3 is 2.88 bits per heavy atom. The third-order valence-corrected chi connectivity index (χ3v) is 3.29. The standard InChI is InChI=1S/C12H25N3O/c1-3-7-14-10-6-5-8-15(9-10)11(4-2)12(13)16/h10-11,14H,3-9H2,1-2H3,(H2,13,16). The van der Waals surface area contributed by atoms with E-state index in [0.29, 0.717) is 6.04 Å². The van der Waals surface area contributed by atoms with Crippen molar-refractivity contribution >= 4 is 5.91 Å². The van der Waals surface area contributed by atoms with E-state index in [0.717, 1.165) is 38.9 Å². The van der Waals surface area contributed by atoms with Gasteiger partial charge >= 0.3 is 0 Å². The van der Waals surface area contributed by atoms with Crippen molar-refractivity contribution in [2.24, 2.45) is 5.73 Å². The molecule has 0 aromatic heterocycles. The van der Waals surface area contributed by atoms with Gasteiger partial charge in [0.2, 0.25) is 5.91 Å². The SMILES string of the molecule is CCCNC1CCCN(C(CC)C(N)=O)C1. The molecule has 0 aliphatic carbocycles. The number of nitrogens with two attached hydrogens (primary N) is 1. The minimum absolute atomic E-state index is 0.0776. The number of primary amides is 1. The number of amides is 1. The molecule has 0 aromatic carbocycles. The zero-order valence-corrected chi connectivity index (χ0v) is 10.5. The van der Waals surface area contributed by atoms with E-state index in [1.807, 2.05) is 6.92 Å². The molecule has 1 rings (SSSR count). The van der Waals surface area contributed by atoms with Crippen LogP contribution in [0, 0.1) is 0 Å². The van der Waals surface area contributed by atoms with Gasteiger partial charge in [-0.25, -0.2) is 0 Å². The van der Waals surface area contributed by atoms with E-state index < -0.39 is 0 Å². The van der Waals surface area contributed by atoms with Crippen LogP contribution in [0.25, 0.3) is 0 Å². The molecule has 3 N–H and O–H groups in total. The van der Waals surface area contributed by atoms with Crippen molar-refractivity contribution in [1.29, 1.82) is 0 Å². The molecular weight excluding hydrogens is 202 g/mol. The lowest BCUT2D eigenvalue weighted by Crippen LogP contribution is -2.53. The minimum atomic E-state index is -0.182. The maximum Gasteiger partial charge on any atom is 0.234 e. The summed E-state index contributed by atoms with van der Waals surface area (Å²) in [6, 6.07) is 0.452. The van der Waals surface area contributed by atoms with E-state index in [2.05, 4.69) is 17.1 Å². The summed E-state index contributed by atoms with van der Waals surface area (Å²) >= 11 is 0. The quantitative estimate of drug-likeness (QED) is 0.703. The molecular formula is C12H25N3O. The number of piperidine rings is 1. The Kier molecular flexibility index (Phi) is 5.77. The maximum atomic E-state index is 11.3. The van der Waals surface area contributed by atoms with E-state index in [9.17, 15) is 4.79 Å². The smallest absolute Gasteiger partial charge is 0.234 e. The number of carbonyl (C=O) groups is 1. The van der Waals surface area contributed by atoms with Crippen molar-refractivity contribution in [2.75, 3.05) is 19.6 Å². The number of rotatable bonds is 6. The van der Waals surface area contributed by atoms with Crippen molar-refractivity contribution in [3.63, 3.8) is 0 Å². The highest BCUT2D eigenvalue weighted by Crippen LogP contribution is 2.14. The molecule has 4 heteroatoms. The minimum Gasteiger partial charge on any atom is -0.368 e. The molecule has 1 aliphatic rings. The lowest BCUT2D eigenvalue weighted by atomic mass is 10.0. The Hall–Kier alpha value is -0.610. The van der Waals surface area contributed by atoms with Crippen molar-refractivity contribution in [3.05, 3.63) is 0 Å². The van der Waals surface area contributed by atoms with Crippen LogP contribution in [0.3, 0.4) is 0 Å². The molecule has 1 amide bonds. The summed E-state index contributed by atoms with van der Waals surface area (Å²) in [4.78, 5) is 13.5. The van der Waals surface area contributed by atoms with Gasteiger partial charge in [0.25, 0.3) is 0 Å². The summed E-state index contributed by atoms with van der Waals surface area (Å²) in [5.74, 6) is -0.182. The van der Waals surface area contributed by atoms with Gasteiger partial charge in [-0.15, -0.1) is 0 Å². The van der Waals surface area contributed by atoms with Crippen LogP contribution in [-0.4, -0.2) is 42.5 Å². The molecule has 0 radical (unpaired) electrons. The van der Waals surface area contributed by atoms with E-state index in [-0.39, 0.29) is 11.9 Å². The van der Waals surface area contributed by atoms with Gasteiger partial charge < -0.3 is 11.1 Å². The number of carbonyl (C=O) groups excluding carboxylic acids is 1. The molecule has 94 valence electrons. The second-order valence-corrected chi connectivity index (χ2v) is 4.61. The fraction of sp³-hybridized carbons (Fsp3) is 0.917. The Morgan fingerprint density at radius 2 is 2.31 bits per heavy atom. The van der Waals surface area contributed by atoms with Gasteiger partial charge in [0.05, 0.1) is 6.04 Å².